The number of nitrogens with one attached hydrogen (secondary N) is 1. The van der Waals surface area contributed by atoms with Crippen LogP contribution in [0.25, 0.3) is 11.0 Å². The van der Waals surface area contributed by atoms with Crippen molar-refractivity contribution in [1.82, 2.24) is 0 Å². The summed E-state index contributed by atoms with van der Waals surface area (Å²) < 4.78 is 6.55. The first-order chi connectivity index (χ1) is 18.0. The van der Waals surface area contributed by atoms with E-state index in [4.69, 9.17) is 21.0 Å². The zero-order valence-corrected chi connectivity index (χ0v) is 21.9. The van der Waals surface area contributed by atoms with Crippen molar-refractivity contribution in [2.75, 3.05) is 23.3 Å². The largest absolute Gasteiger partial charge is 0.437 e. The fraction of sp³-hybridized carbons (Fsp3) is 0.290. The van der Waals surface area contributed by atoms with Gasteiger partial charge in [-0.1, -0.05) is 43.6 Å². The molecule has 0 atom stereocenters. The minimum absolute atomic E-state index is 0.279. The summed E-state index contributed by atoms with van der Waals surface area (Å²) in [6, 6.07) is 19.4. The van der Waals surface area contributed by atoms with Crippen molar-refractivity contribution in [2.24, 2.45) is 4.99 Å². The number of aryl methyl sites for hydroxylation is 2. The Morgan fingerprint density at radius 1 is 1.03 bits per heavy atom. The van der Waals surface area contributed by atoms with Gasteiger partial charge in [0.15, 0.2) is 0 Å². The Morgan fingerprint density at radius 3 is 2.57 bits per heavy atom. The maximum absolute atomic E-state index is 13.5. The van der Waals surface area contributed by atoms with E-state index < -0.39 is 0 Å². The summed E-state index contributed by atoms with van der Waals surface area (Å²) >= 11 is 6.15. The van der Waals surface area contributed by atoms with Crippen LogP contribution in [0.15, 0.2) is 70.1 Å². The van der Waals surface area contributed by atoms with E-state index in [-0.39, 0.29) is 5.91 Å². The Labute approximate surface area is 221 Å². The van der Waals surface area contributed by atoms with E-state index in [2.05, 4.69) is 42.3 Å². The van der Waals surface area contributed by atoms with Gasteiger partial charge in [0, 0.05) is 40.4 Å². The molecule has 188 valence electrons. The molecule has 4 aromatic rings. The number of rotatable bonds is 4. The molecule has 0 spiro atoms. The fourth-order valence-electron chi connectivity index (χ4n) is 5.51. The minimum Gasteiger partial charge on any atom is -0.437 e. The maximum atomic E-state index is 13.5. The molecule has 1 amide bonds. The standard InChI is InChI=1S/C31H30ClN3O2/c1-19(2)20-10-12-24(13-11-20)34-31-27(30(36)33-25-8-3-7-23(32)18-25)17-22-16-21-6-4-14-35-15-5-9-26(28(21)35)29(22)37-31/h3,7-8,10-13,16-19H,4-6,9,14-15H2,1-2H3,(H,33,36). The summed E-state index contributed by atoms with van der Waals surface area (Å²) in [6.45, 7) is 6.51. The average Bonchev–Trinajstić information content (AvgIpc) is 2.89. The third-order valence-electron chi connectivity index (χ3n) is 7.35. The first-order valence-corrected chi connectivity index (χ1v) is 13.4. The SMILES string of the molecule is CC(C)c1ccc(N=c2oc3c4c5c(cc3cc2C(=O)Nc2cccc(Cl)c2)CCCN5CCC4)cc1. The Kier molecular flexibility index (Phi) is 6.25. The molecule has 0 unspecified atom stereocenters. The first-order valence-electron chi connectivity index (χ1n) is 13.1. The summed E-state index contributed by atoms with van der Waals surface area (Å²) in [5.74, 6) is 0.152. The summed E-state index contributed by atoms with van der Waals surface area (Å²) in [7, 11) is 0. The minimum atomic E-state index is -0.279. The van der Waals surface area contributed by atoms with Crippen LogP contribution in [0.1, 0.15) is 59.7 Å². The van der Waals surface area contributed by atoms with Crippen LogP contribution in [-0.2, 0) is 12.8 Å². The van der Waals surface area contributed by atoms with Crippen LogP contribution in [0.2, 0.25) is 5.02 Å². The number of fused-ring (bicyclic) bond motifs is 2. The topological polar surface area (TPSA) is 57.8 Å². The molecule has 1 aromatic heterocycles. The third kappa shape index (κ3) is 4.64. The quantitative estimate of drug-likeness (QED) is 0.310. The lowest BCUT2D eigenvalue weighted by molar-refractivity contribution is 0.102. The number of nitrogens with zero attached hydrogens (tertiary/aromatic N) is 2. The van der Waals surface area contributed by atoms with Gasteiger partial charge in [0.05, 0.1) is 5.69 Å². The predicted octanol–water partition coefficient (Wildman–Crippen LogP) is 7.39. The molecule has 6 heteroatoms. The second-order valence-electron chi connectivity index (χ2n) is 10.3. The Balaban J connectivity index is 1.53. The van der Waals surface area contributed by atoms with Crippen LogP contribution >= 0.6 is 11.6 Å². The molecule has 1 N–H and O–H groups in total. The molecule has 0 saturated heterocycles. The number of amides is 1. The smallest absolute Gasteiger partial charge is 0.261 e. The summed E-state index contributed by atoms with van der Waals surface area (Å²) in [4.78, 5) is 20.9. The Morgan fingerprint density at radius 2 is 1.81 bits per heavy atom. The molecule has 3 heterocycles. The summed E-state index contributed by atoms with van der Waals surface area (Å²) in [6.07, 6.45) is 4.27. The fourth-order valence-corrected chi connectivity index (χ4v) is 5.70. The molecule has 0 bridgehead atoms. The molecule has 0 saturated carbocycles. The highest BCUT2D eigenvalue weighted by Gasteiger charge is 2.27. The van der Waals surface area contributed by atoms with Gasteiger partial charge in [0.2, 0.25) is 5.55 Å². The second kappa shape index (κ2) is 9.71. The lowest BCUT2D eigenvalue weighted by atomic mass is 9.90. The highest BCUT2D eigenvalue weighted by molar-refractivity contribution is 6.31. The van der Waals surface area contributed by atoms with Gasteiger partial charge in [-0.3, -0.25) is 4.79 Å². The molecule has 0 aliphatic carbocycles. The molecule has 0 fully saturated rings. The number of hydrogen-bond acceptors (Lipinski definition) is 4. The summed E-state index contributed by atoms with van der Waals surface area (Å²) in [5, 5.41) is 4.48. The Bertz CT molecular complexity index is 1570. The van der Waals surface area contributed by atoms with Gasteiger partial charge >= 0.3 is 0 Å². The number of carbonyl (C=O) groups is 1. The molecular weight excluding hydrogens is 482 g/mol. The number of anilines is 2. The first kappa shape index (κ1) is 23.8. The van der Waals surface area contributed by atoms with Crippen molar-refractivity contribution in [3.63, 3.8) is 0 Å². The predicted molar refractivity (Wildman–Crippen MR) is 150 cm³/mol. The van der Waals surface area contributed by atoms with Crippen LogP contribution in [-0.4, -0.2) is 19.0 Å². The normalized spacial score (nSPS) is 15.2. The van der Waals surface area contributed by atoms with Gasteiger partial charge in [-0.2, -0.15) is 0 Å². The summed E-state index contributed by atoms with van der Waals surface area (Å²) in [5.41, 5.74) is 8.08. The van der Waals surface area contributed by atoms with Crippen LogP contribution in [0.3, 0.4) is 0 Å². The van der Waals surface area contributed by atoms with Gasteiger partial charge in [-0.05, 0) is 85.2 Å². The number of halogens is 1. The molecular formula is C31H30ClN3O2. The van der Waals surface area contributed by atoms with E-state index in [9.17, 15) is 4.79 Å². The Hall–Kier alpha value is -3.57. The molecule has 5 nitrogen and oxygen atoms in total. The molecule has 37 heavy (non-hydrogen) atoms. The second-order valence-corrected chi connectivity index (χ2v) is 10.7. The van der Waals surface area contributed by atoms with Gasteiger partial charge in [-0.15, -0.1) is 0 Å². The van der Waals surface area contributed by atoms with Crippen molar-refractivity contribution in [1.29, 1.82) is 0 Å². The van der Waals surface area contributed by atoms with E-state index in [0.717, 1.165) is 55.4 Å². The number of carbonyl (C=O) groups excluding carboxylic acids is 1. The van der Waals surface area contributed by atoms with E-state index in [1.807, 2.05) is 30.3 Å². The molecule has 2 aliphatic heterocycles. The monoisotopic (exact) mass is 511 g/mol. The maximum Gasteiger partial charge on any atom is 0.261 e. The van der Waals surface area contributed by atoms with E-state index in [1.165, 1.54) is 22.4 Å². The van der Waals surface area contributed by atoms with Gasteiger partial charge in [-0.25, -0.2) is 4.99 Å². The van der Waals surface area contributed by atoms with Crippen molar-refractivity contribution < 1.29 is 9.21 Å². The van der Waals surface area contributed by atoms with Crippen LogP contribution in [0.4, 0.5) is 17.1 Å². The lowest BCUT2D eigenvalue weighted by Gasteiger charge is -2.37. The van der Waals surface area contributed by atoms with Crippen molar-refractivity contribution in [3.8, 4) is 0 Å². The van der Waals surface area contributed by atoms with Crippen LogP contribution in [0.5, 0.6) is 0 Å². The van der Waals surface area contributed by atoms with Gasteiger partial charge in [0.25, 0.3) is 5.91 Å². The van der Waals surface area contributed by atoms with Crippen molar-refractivity contribution in [2.45, 2.75) is 45.4 Å². The van der Waals surface area contributed by atoms with Crippen LogP contribution < -0.4 is 15.8 Å². The number of hydrogen-bond donors (Lipinski definition) is 1. The van der Waals surface area contributed by atoms with E-state index in [0.29, 0.717) is 27.7 Å². The highest BCUT2D eigenvalue weighted by Crippen LogP contribution is 2.39. The molecule has 3 aromatic carbocycles. The highest BCUT2D eigenvalue weighted by atomic mass is 35.5. The van der Waals surface area contributed by atoms with E-state index in [1.54, 1.807) is 12.1 Å². The zero-order chi connectivity index (χ0) is 25.5. The van der Waals surface area contributed by atoms with E-state index >= 15 is 0 Å². The van der Waals surface area contributed by atoms with Crippen molar-refractivity contribution >= 4 is 45.5 Å². The van der Waals surface area contributed by atoms with Gasteiger partial charge < -0.3 is 14.6 Å². The number of benzene rings is 3. The zero-order valence-electron chi connectivity index (χ0n) is 21.2. The van der Waals surface area contributed by atoms with Gasteiger partial charge in [0.1, 0.15) is 11.1 Å². The molecule has 2 aliphatic rings. The van der Waals surface area contributed by atoms with Crippen LogP contribution in [0, 0.1) is 0 Å². The van der Waals surface area contributed by atoms with Crippen molar-refractivity contribution in [3.05, 3.63) is 93.5 Å². The third-order valence-corrected chi connectivity index (χ3v) is 7.58. The average molecular weight is 512 g/mol. The molecule has 0 radical (unpaired) electrons. The molecule has 6 rings (SSSR count). The lowest BCUT2D eigenvalue weighted by Crippen LogP contribution is -2.34.